The van der Waals surface area contributed by atoms with Gasteiger partial charge in [0, 0.05) is 37.9 Å². The van der Waals surface area contributed by atoms with Gasteiger partial charge in [-0.2, -0.15) is 0 Å². The van der Waals surface area contributed by atoms with E-state index in [0.29, 0.717) is 6.54 Å². The zero-order chi connectivity index (χ0) is 21.9. The molecule has 1 aromatic carbocycles. The minimum absolute atomic E-state index is 0.0186. The predicted octanol–water partition coefficient (Wildman–Crippen LogP) is 2.04. The summed E-state index contributed by atoms with van der Waals surface area (Å²) in [4.78, 5) is 18.1. The van der Waals surface area contributed by atoms with Crippen molar-refractivity contribution in [2.45, 2.75) is 31.9 Å². The number of piperidine rings is 1. The Bertz CT molecular complexity index is 794. The Kier molecular flexibility index (Phi) is 9.27. The first-order valence-electron chi connectivity index (χ1n) is 10.9. The second-order valence-electron chi connectivity index (χ2n) is 7.96. The summed E-state index contributed by atoms with van der Waals surface area (Å²) >= 11 is 0. The molecule has 2 heterocycles. The summed E-state index contributed by atoms with van der Waals surface area (Å²) in [6, 6.07) is 13.9. The Balaban J connectivity index is 1.34. The minimum Gasteiger partial charge on any atom is -0.491 e. The molecule has 0 radical (unpaired) electrons. The Labute approximate surface area is 184 Å². The van der Waals surface area contributed by atoms with Crippen LogP contribution in [0.3, 0.4) is 0 Å². The molecule has 1 aromatic heterocycles. The molecule has 1 atom stereocenters. The zero-order valence-electron chi connectivity index (χ0n) is 18.2. The van der Waals surface area contributed by atoms with Crippen LogP contribution in [0.25, 0.3) is 0 Å². The number of β-amino-alcohol motifs (C(OH)–C–C–N with tert-alkyl or cyclic N) is 1. The van der Waals surface area contributed by atoms with Gasteiger partial charge in [-0.25, -0.2) is 0 Å². The highest BCUT2D eigenvalue weighted by Gasteiger charge is 2.26. The summed E-state index contributed by atoms with van der Waals surface area (Å²) in [5.41, 5.74) is 2.22. The number of nitrogens with zero attached hydrogens (tertiary/aromatic N) is 2. The summed E-state index contributed by atoms with van der Waals surface area (Å²) in [5, 5.41) is 13.8. The van der Waals surface area contributed by atoms with Crippen molar-refractivity contribution in [1.82, 2.24) is 15.2 Å². The van der Waals surface area contributed by atoms with Gasteiger partial charge in [-0.3, -0.25) is 9.78 Å². The highest BCUT2D eigenvalue weighted by Crippen LogP contribution is 2.19. The first-order valence-corrected chi connectivity index (χ1v) is 10.9. The average Bonchev–Trinajstić information content (AvgIpc) is 2.81. The minimum atomic E-state index is -0.574. The topological polar surface area (TPSA) is 83.9 Å². The molecule has 0 aliphatic carbocycles. The standard InChI is InChI=1S/C24H33N3O4/c1-30-24(29)20-9-13-27(14-10-20)17-22(28)18-31-23-7-4-5-19(15-23)16-25-12-8-21-6-2-3-11-26-21/h2-7,11,15,20,22,25,28H,8-10,12-14,16-18H2,1H3. The van der Waals surface area contributed by atoms with Crippen LogP contribution in [-0.2, 0) is 22.5 Å². The predicted molar refractivity (Wildman–Crippen MR) is 119 cm³/mol. The van der Waals surface area contributed by atoms with Crippen molar-refractivity contribution in [2.24, 2.45) is 5.92 Å². The SMILES string of the molecule is COC(=O)C1CCN(CC(O)COc2cccc(CNCCc3ccccn3)c2)CC1. The molecule has 168 valence electrons. The lowest BCUT2D eigenvalue weighted by Crippen LogP contribution is -2.42. The van der Waals surface area contributed by atoms with Gasteiger partial charge in [0.2, 0.25) is 0 Å². The maximum atomic E-state index is 11.6. The molecule has 2 aromatic rings. The third-order valence-electron chi connectivity index (χ3n) is 5.55. The fourth-order valence-corrected chi connectivity index (χ4v) is 3.80. The monoisotopic (exact) mass is 427 g/mol. The van der Waals surface area contributed by atoms with Gasteiger partial charge in [-0.1, -0.05) is 18.2 Å². The smallest absolute Gasteiger partial charge is 0.308 e. The summed E-state index contributed by atoms with van der Waals surface area (Å²) in [6.45, 7) is 3.97. The number of rotatable bonds is 11. The molecule has 1 unspecified atom stereocenters. The number of pyridine rings is 1. The van der Waals surface area contributed by atoms with Crippen LogP contribution >= 0.6 is 0 Å². The normalized spacial score (nSPS) is 16.1. The van der Waals surface area contributed by atoms with Crippen molar-refractivity contribution < 1.29 is 19.4 Å². The number of carbonyl (C=O) groups is 1. The molecule has 0 spiro atoms. The van der Waals surface area contributed by atoms with Crippen molar-refractivity contribution in [1.29, 1.82) is 0 Å². The molecular weight excluding hydrogens is 394 g/mol. The Hall–Kier alpha value is -2.48. The van der Waals surface area contributed by atoms with Gasteiger partial charge in [0.15, 0.2) is 0 Å². The van der Waals surface area contributed by atoms with E-state index in [1.165, 1.54) is 7.11 Å². The van der Waals surface area contributed by atoms with E-state index in [0.717, 1.165) is 62.4 Å². The number of esters is 1. The maximum absolute atomic E-state index is 11.6. The van der Waals surface area contributed by atoms with Gasteiger partial charge in [0.05, 0.1) is 13.0 Å². The van der Waals surface area contributed by atoms with Gasteiger partial charge in [-0.05, 0) is 55.8 Å². The van der Waals surface area contributed by atoms with Gasteiger partial charge in [0.25, 0.3) is 0 Å². The number of methoxy groups -OCH3 is 1. The molecule has 0 amide bonds. The number of aliphatic hydroxyl groups is 1. The number of likely N-dealkylation sites (tertiary alicyclic amines) is 1. The summed E-state index contributed by atoms with van der Waals surface area (Å²) < 4.78 is 10.6. The van der Waals surface area contributed by atoms with E-state index in [2.05, 4.69) is 21.3 Å². The first kappa shape index (κ1) is 23.2. The summed E-state index contributed by atoms with van der Waals surface area (Å²) in [5.74, 6) is 0.608. The third-order valence-corrected chi connectivity index (χ3v) is 5.55. The largest absolute Gasteiger partial charge is 0.491 e. The van der Waals surface area contributed by atoms with Crippen LogP contribution in [0.15, 0.2) is 48.7 Å². The van der Waals surface area contributed by atoms with Crippen molar-refractivity contribution in [3.63, 3.8) is 0 Å². The van der Waals surface area contributed by atoms with E-state index in [-0.39, 0.29) is 18.5 Å². The van der Waals surface area contributed by atoms with Crippen LogP contribution in [0.4, 0.5) is 0 Å². The van der Waals surface area contributed by atoms with Gasteiger partial charge in [0.1, 0.15) is 18.5 Å². The first-order chi connectivity index (χ1) is 15.1. The number of benzene rings is 1. The zero-order valence-corrected chi connectivity index (χ0v) is 18.2. The number of ether oxygens (including phenoxy) is 2. The van der Waals surface area contributed by atoms with Crippen LogP contribution < -0.4 is 10.1 Å². The molecule has 3 rings (SSSR count). The molecule has 1 fully saturated rings. The van der Waals surface area contributed by atoms with Gasteiger partial charge in [-0.15, -0.1) is 0 Å². The van der Waals surface area contributed by atoms with E-state index in [1.807, 2.05) is 42.6 Å². The molecule has 1 aliphatic rings. The molecule has 2 N–H and O–H groups in total. The summed E-state index contributed by atoms with van der Waals surface area (Å²) in [6.07, 6.45) is 3.68. The highest BCUT2D eigenvalue weighted by atomic mass is 16.5. The van der Waals surface area contributed by atoms with Crippen LogP contribution in [0.2, 0.25) is 0 Å². The quantitative estimate of drug-likeness (QED) is 0.419. The number of hydrogen-bond acceptors (Lipinski definition) is 7. The molecular formula is C24H33N3O4. The number of hydrogen-bond donors (Lipinski definition) is 2. The Morgan fingerprint density at radius 3 is 2.84 bits per heavy atom. The van der Waals surface area contributed by atoms with E-state index in [9.17, 15) is 9.90 Å². The summed E-state index contributed by atoms with van der Waals surface area (Å²) in [7, 11) is 1.43. The van der Waals surface area contributed by atoms with Crippen LogP contribution in [0, 0.1) is 5.92 Å². The van der Waals surface area contributed by atoms with Crippen LogP contribution in [0.5, 0.6) is 5.75 Å². The molecule has 1 aliphatic heterocycles. The fraction of sp³-hybridized carbons (Fsp3) is 0.500. The van der Waals surface area contributed by atoms with Gasteiger partial charge < -0.3 is 24.8 Å². The number of aromatic nitrogens is 1. The fourth-order valence-electron chi connectivity index (χ4n) is 3.80. The molecule has 31 heavy (non-hydrogen) atoms. The van der Waals surface area contributed by atoms with Crippen molar-refractivity contribution in [3.05, 3.63) is 59.9 Å². The van der Waals surface area contributed by atoms with Crippen molar-refractivity contribution in [3.8, 4) is 5.75 Å². The average molecular weight is 428 g/mol. The van der Waals surface area contributed by atoms with Crippen LogP contribution in [-0.4, -0.2) is 67.0 Å². The molecule has 0 saturated carbocycles. The second kappa shape index (κ2) is 12.4. The third kappa shape index (κ3) is 7.94. The van der Waals surface area contributed by atoms with E-state index < -0.39 is 6.10 Å². The Morgan fingerprint density at radius 2 is 2.10 bits per heavy atom. The molecule has 0 bridgehead atoms. The van der Waals surface area contributed by atoms with E-state index in [4.69, 9.17) is 9.47 Å². The second-order valence-corrected chi connectivity index (χ2v) is 7.96. The van der Waals surface area contributed by atoms with Gasteiger partial charge >= 0.3 is 5.97 Å². The van der Waals surface area contributed by atoms with Crippen molar-refractivity contribution in [2.75, 3.05) is 39.9 Å². The molecule has 7 nitrogen and oxygen atoms in total. The van der Waals surface area contributed by atoms with E-state index >= 15 is 0 Å². The number of carbonyl (C=O) groups excluding carboxylic acids is 1. The Morgan fingerprint density at radius 1 is 1.26 bits per heavy atom. The lowest BCUT2D eigenvalue weighted by atomic mass is 9.97. The number of aliphatic hydroxyl groups excluding tert-OH is 1. The van der Waals surface area contributed by atoms with E-state index in [1.54, 1.807) is 0 Å². The highest BCUT2D eigenvalue weighted by molar-refractivity contribution is 5.72. The number of nitrogens with one attached hydrogen (secondary N) is 1. The maximum Gasteiger partial charge on any atom is 0.308 e. The lowest BCUT2D eigenvalue weighted by molar-refractivity contribution is -0.147. The molecule has 7 heteroatoms. The lowest BCUT2D eigenvalue weighted by Gasteiger charge is -2.31. The van der Waals surface area contributed by atoms with Crippen molar-refractivity contribution >= 4 is 5.97 Å². The molecule has 1 saturated heterocycles. The van der Waals surface area contributed by atoms with Crippen LogP contribution in [0.1, 0.15) is 24.1 Å².